The molecular formula is C17H22N4O4S. The van der Waals surface area contributed by atoms with Gasteiger partial charge in [0.2, 0.25) is 10.0 Å². The molecule has 9 heteroatoms. The second-order valence-corrected chi connectivity index (χ2v) is 8.39. The van der Waals surface area contributed by atoms with Crippen molar-refractivity contribution in [3.05, 3.63) is 56.9 Å². The first kappa shape index (κ1) is 18.4. The quantitative estimate of drug-likeness (QED) is 0.745. The Morgan fingerprint density at radius 1 is 1.00 bits per heavy atom. The lowest BCUT2D eigenvalue weighted by Crippen LogP contribution is -2.50. The lowest BCUT2D eigenvalue weighted by molar-refractivity contribution is 0.383. The topological polar surface area (TPSA) is 84.6 Å². The van der Waals surface area contributed by atoms with Crippen molar-refractivity contribution >= 4 is 15.7 Å². The average molecular weight is 378 g/mol. The van der Waals surface area contributed by atoms with Gasteiger partial charge in [0, 0.05) is 52.2 Å². The number of aryl methyl sites for hydroxylation is 2. The lowest BCUT2D eigenvalue weighted by Gasteiger charge is -2.35. The summed E-state index contributed by atoms with van der Waals surface area (Å²) in [5, 5.41) is 0. The second-order valence-electron chi connectivity index (χ2n) is 6.48. The molecule has 2 aromatic rings. The molecule has 1 fully saturated rings. The SMILES string of the molecule is Cc1cccc(N2CCN(S(=O)(=O)c3cn(C)c(=O)n(C)c3=O)CC2)c1. The van der Waals surface area contributed by atoms with Gasteiger partial charge in [0.05, 0.1) is 0 Å². The molecule has 0 aliphatic carbocycles. The molecule has 0 atom stereocenters. The molecule has 0 spiro atoms. The molecule has 0 N–H and O–H groups in total. The van der Waals surface area contributed by atoms with Crippen molar-refractivity contribution in [2.75, 3.05) is 31.1 Å². The van der Waals surface area contributed by atoms with Crippen molar-refractivity contribution in [3.8, 4) is 0 Å². The zero-order valence-corrected chi connectivity index (χ0v) is 15.9. The normalized spacial score (nSPS) is 16.0. The third kappa shape index (κ3) is 3.19. The van der Waals surface area contributed by atoms with Crippen LogP contribution in [0.25, 0.3) is 0 Å². The molecule has 0 bridgehead atoms. The number of rotatable bonds is 3. The Balaban J connectivity index is 1.85. The van der Waals surface area contributed by atoms with E-state index in [4.69, 9.17) is 0 Å². The largest absolute Gasteiger partial charge is 0.369 e. The molecule has 1 aliphatic heterocycles. The van der Waals surface area contributed by atoms with Crippen LogP contribution in [0.1, 0.15) is 5.56 Å². The summed E-state index contributed by atoms with van der Waals surface area (Å²) >= 11 is 0. The predicted octanol–water partition coefficient (Wildman–Crippen LogP) is -0.0967. The Hall–Kier alpha value is -2.39. The summed E-state index contributed by atoms with van der Waals surface area (Å²) in [7, 11) is -1.25. The highest BCUT2D eigenvalue weighted by Crippen LogP contribution is 2.20. The van der Waals surface area contributed by atoms with E-state index in [1.165, 1.54) is 18.4 Å². The van der Waals surface area contributed by atoms with E-state index in [-0.39, 0.29) is 18.0 Å². The fourth-order valence-corrected chi connectivity index (χ4v) is 4.67. The summed E-state index contributed by atoms with van der Waals surface area (Å²) in [4.78, 5) is 25.8. The van der Waals surface area contributed by atoms with E-state index in [9.17, 15) is 18.0 Å². The van der Waals surface area contributed by atoms with Crippen LogP contribution >= 0.6 is 0 Å². The molecule has 140 valence electrons. The van der Waals surface area contributed by atoms with E-state index in [0.717, 1.165) is 26.6 Å². The number of sulfonamides is 1. The summed E-state index contributed by atoms with van der Waals surface area (Å²) in [6.07, 6.45) is 1.10. The fraction of sp³-hybridized carbons (Fsp3) is 0.412. The van der Waals surface area contributed by atoms with Crippen LogP contribution in [0.2, 0.25) is 0 Å². The predicted molar refractivity (Wildman–Crippen MR) is 99.1 cm³/mol. The standard InChI is InChI=1S/C17H22N4O4S/c1-13-5-4-6-14(11-13)20-7-9-21(10-8-20)26(24,25)15-12-18(2)17(23)19(3)16(15)22/h4-6,11-12H,7-10H2,1-3H3. The van der Waals surface area contributed by atoms with Gasteiger partial charge in [-0.2, -0.15) is 4.31 Å². The van der Waals surface area contributed by atoms with Gasteiger partial charge < -0.3 is 9.47 Å². The Kier molecular flexibility index (Phi) is 4.76. The Morgan fingerprint density at radius 3 is 2.27 bits per heavy atom. The highest BCUT2D eigenvalue weighted by Gasteiger charge is 2.31. The van der Waals surface area contributed by atoms with E-state index in [2.05, 4.69) is 11.0 Å². The first-order chi connectivity index (χ1) is 12.2. The van der Waals surface area contributed by atoms with Gasteiger partial charge in [-0.3, -0.25) is 9.36 Å². The maximum atomic E-state index is 12.9. The summed E-state index contributed by atoms with van der Waals surface area (Å²) in [5.41, 5.74) is 0.846. The number of nitrogens with zero attached hydrogens (tertiary/aromatic N) is 4. The summed E-state index contributed by atoms with van der Waals surface area (Å²) < 4.78 is 29.0. The van der Waals surface area contributed by atoms with E-state index >= 15 is 0 Å². The van der Waals surface area contributed by atoms with Crippen LogP contribution in [-0.4, -0.2) is 48.0 Å². The molecule has 2 heterocycles. The molecule has 1 saturated heterocycles. The van der Waals surface area contributed by atoms with Gasteiger partial charge >= 0.3 is 5.69 Å². The van der Waals surface area contributed by atoms with Gasteiger partial charge in [-0.15, -0.1) is 0 Å². The molecule has 8 nitrogen and oxygen atoms in total. The summed E-state index contributed by atoms with van der Waals surface area (Å²) in [6.45, 7) is 3.65. The number of hydrogen-bond donors (Lipinski definition) is 0. The van der Waals surface area contributed by atoms with E-state index < -0.39 is 21.3 Å². The minimum absolute atomic E-state index is 0.280. The van der Waals surface area contributed by atoms with E-state index in [1.54, 1.807) is 0 Å². The summed E-state index contributed by atoms with van der Waals surface area (Å²) in [6, 6.07) is 8.05. The van der Waals surface area contributed by atoms with Crippen LogP contribution in [0, 0.1) is 6.92 Å². The van der Waals surface area contributed by atoms with Crippen LogP contribution in [0.4, 0.5) is 5.69 Å². The van der Waals surface area contributed by atoms with Gasteiger partial charge in [0.25, 0.3) is 5.56 Å². The van der Waals surface area contributed by atoms with Crippen LogP contribution in [0.5, 0.6) is 0 Å². The molecular weight excluding hydrogens is 356 g/mol. The molecule has 0 amide bonds. The van der Waals surface area contributed by atoms with Gasteiger partial charge in [0.15, 0.2) is 4.90 Å². The fourth-order valence-electron chi connectivity index (χ4n) is 3.10. The lowest BCUT2D eigenvalue weighted by atomic mass is 10.2. The Labute approximate surface area is 151 Å². The zero-order valence-electron chi connectivity index (χ0n) is 15.0. The number of benzene rings is 1. The minimum Gasteiger partial charge on any atom is -0.369 e. The average Bonchev–Trinajstić information content (AvgIpc) is 2.63. The molecule has 0 radical (unpaired) electrons. The van der Waals surface area contributed by atoms with Gasteiger partial charge in [0.1, 0.15) is 0 Å². The summed E-state index contributed by atoms with van der Waals surface area (Å²) in [5.74, 6) is 0. The third-order valence-electron chi connectivity index (χ3n) is 4.64. The highest BCUT2D eigenvalue weighted by molar-refractivity contribution is 7.89. The monoisotopic (exact) mass is 378 g/mol. The van der Waals surface area contributed by atoms with Crippen LogP contribution in [0.3, 0.4) is 0 Å². The molecule has 0 saturated carbocycles. The van der Waals surface area contributed by atoms with Crippen LogP contribution < -0.4 is 16.1 Å². The number of hydrogen-bond acceptors (Lipinski definition) is 5. The second kappa shape index (κ2) is 6.73. The smallest absolute Gasteiger partial charge is 0.330 e. The molecule has 3 rings (SSSR count). The van der Waals surface area contributed by atoms with Gasteiger partial charge in [-0.05, 0) is 24.6 Å². The van der Waals surface area contributed by atoms with E-state index in [0.29, 0.717) is 13.1 Å². The Bertz CT molecular complexity index is 1050. The maximum absolute atomic E-state index is 12.9. The zero-order chi connectivity index (χ0) is 19.1. The van der Waals surface area contributed by atoms with Crippen molar-refractivity contribution in [1.82, 2.24) is 13.4 Å². The molecule has 1 aromatic carbocycles. The minimum atomic E-state index is -3.95. The van der Waals surface area contributed by atoms with Gasteiger partial charge in [-0.1, -0.05) is 12.1 Å². The van der Waals surface area contributed by atoms with Gasteiger partial charge in [-0.25, -0.2) is 13.2 Å². The van der Waals surface area contributed by atoms with E-state index in [1.807, 2.05) is 25.1 Å². The van der Waals surface area contributed by atoms with Crippen molar-refractivity contribution in [2.24, 2.45) is 14.1 Å². The number of aromatic nitrogens is 2. The molecule has 1 aliphatic rings. The first-order valence-electron chi connectivity index (χ1n) is 8.30. The maximum Gasteiger partial charge on any atom is 0.330 e. The molecule has 1 aromatic heterocycles. The highest BCUT2D eigenvalue weighted by atomic mass is 32.2. The van der Waals surface area contributed by atoms with Crippen molar-refractivity contribution < 1.29 is 8.42 Å². The van der Waals surface area contributed by atoms with Crippen molar-refractivity contribution in [3.63, 3.8) is 0 Å². The van der Waals surface area contributed by atoms with Crippen LogP contribution in [0.15, 0.2) is 44.9 Å². The first-order valence-corrected chi connectivity index (χ1v) is 9.74. The van der Waals surface area contributed by atoms with Crippen molar-refractivity contribution in [1.29, 1.82) is 0 Å². The number of anilines is 1. The molecule has 0 unspecified atom stereocenters. The number of piperazine rings is 1. The van der Waals surface area contributed by atoms with Crippen molar-refractivity contribution in [2.45, 2.75) is 11.8 Å². The third-order valence-corrected chi connectivity index (χ3v) is 6.52. The Morgan fingerprint density at radius 2 is 1.65 bits per heavy atom. The molecule has 26 heavy (non-hydrogen) atoms. The van der Waals surface area contributed by atoms with Crippen LogP contribution in [-0.2, 0) is 24.1 Å².